The smallest absolute Gasteiger partial charge is 0.237 e. The van der Waals surface area contributed by atoms with E-state index in [4.69, 9.17) is 9.47 Å². The number of carbonyl (C=O) groups excluding carboxylic acids is 1. The highest BCUT2D eigenvalue weighted by Gasteiger charge is 2.30. The Kier molecular flexibility index (Phi) is 9.02. The van der Waals surface area contributed by atoms with E-state index in [2.05, 4.69) is 29.0 Å². The number of fused-ring (bicyclic) bond motifs is 1. The summed E-state index contributed by atoms with van der Waals surface area (Å²) in [5.41, 5.74) is 5.04. The first-order valence-electron chi connectivity index (χ1n) is 13.3. The molecule has 0 aliphatic heterocycles. The molecule has 0 fully saturated rings. The molecule has 8 nitrogen and oxygen atoms in total. The predicted molar refractivity (Wildman–Crippen MR) is 150 cm³/mol. The molecule has 1 aliphatic rings. The number of nitrogens with zero attached hydrogens (tertiary/aromatic N) is 1. The van der Waals surface area contributed by atoms with E-state index < -0.39 is 22.0 Å². The van der Waals surface area contributed by atoms with E-state index in [1.54, 1.807) is 14.2 Å². The van der Waals surface area contributed by atoms with Crippen LogP contribution >= 0.6 is 0 Å². The van der Waals surface area contributed by atoms with Crippen LogP contribution in [0.2, 0.25) is 0 Å². The van der Waals surface area contributed by atoms with Crippen molar-refractivity contribution < 1.29 is 27.8 Å². The maximum absolute atomic E-state index is 12.2. The van der Waals surface area contributed by atoms with Crippen LogP contribution in [0.1, 0.15) is 47.3 Å². The van der Waals surface area contributed by atoms with E-state index in [-0.39, 0.29) is 18.1 Å². The lowest BCUT2D eigenvalue weighted by atomic mass is 9.85. The molecule has 1 aliphatic carbocycles. The van der Waals surface area contributed by atoms with E-state index in [9.17, 15) is 18.3 Å². The second kappa shape index (κ2) is 12.3. The first kappa shape index (κ1) is 28.7. The number of sulfonamides is 1. The number of hydrogen-bond acceptors (Lipinski definition) is 6. The van der Waals surface area contributed by atoms with Crippen molar-refractivity contribution in [3.63, 3.8) is 0 Å². The van der Waals surface area contributed by atoms with Crippen LogP contribution in [-0.2, 0) is 40.6 Å². The van der Waals surface area contributed by atoms with Crippen LogP contribution in [0.4, 0.5) is 0 Å². The van der Waals surface area contributed by atoms with Gasteiger partial charge in [0.15, 0.2) is 0 Å². The molecule has 9 heteroatoms. The Balaban J connectivity index is 1.56. The van der Waals surface area contributed by atoms with Crippen LogP contribution in [0.25, 0.3) is 0 Å². The molecule has 0 unspecified atom stereocenters. The summed E-state index contributed by atoms with van der Waals surface area (Å²) in [6, 6.07) is 14.1. The molecule has 0 radical (unpaired) electrons. The van der Waals surface area contributed by atoms with Crippen LogP contribution in [0, 0.1) is 18.8 Å². The van der Waals surface area contributed by atoms with E-state index in [0.717, 1.165) is 30.4 Å². The van der Waals surface area contributed by atoms with Crippen molar-refractivity contribution in [2.24, 2.45) is 11.8 Å². The molecule has 2 atom stereocenters. The van der Waals surface area contributed by atoms with Gasteiger partial charge in [-0.25, -0.2) is 8.42 Å². The van der Waals surface area contributed by atoms with Crippen molar-refractivity contribution in [3.05, 3.63) is 82.7 Å². The molecule has 4 rings (SSSR count). The maximum Gasteiger partial charge on any atom is 0.237 e. The van der Waals surface area contributed by atoms with Crippen molar-refractivity contribution in [2.75, 3.05) is 20.0 Å². The van der Waals surface area contributed by atoms with Gasteiger partial charge >= 0.3 is 0 Å². The SMILES string of the molecule is CCS(=O)(=O)NC(=O)Cc1ccn(C[C@H](CC2Cc3ccccc3C2)[C@H](O)c2cc(OC)c(C)c(OC)c2)c1. The summed E-state index contributed by atoms with van der Waals surface area (Å²) in [6.45, 7) is 3.94. The van der Waals surface area contributed by atoms with Crippen molar-refractivity contribution in [1.29, 1.82) is 0 Å². The first-order valence-corrected chi connectivity index (χ1v) is 14.9. The van der Waals surface area contributed by atoms with Crippen molar-refractivity contribution in [1.82, 2.24) is 9.29 Å². The van der Waals surface area contributed by atoms with E-state index in [1.807, 2.05) is 42.1 Å². The second-order valence-corrected chi connectivity index (χ2v) is 12.4. The topological polar surface area (TPSA) is 107 Å². The van der Waals surface area contributed by atoms with Gasteiger partial charge in [-0.05, 0) is 79.5 Å². The Morgan fingerprint density at radius 1 is 1.10 bits per heavy atom. The van der Waals surface area contributed by atoms with Gasteiger partial charge in [-0.2, -0.15) is 0 Å². The average Bonchev–Trinajstić information content (AvgIpc) is 3.53. The van der Waals surface area contributed by atoms with Gasteiger partial charge in [0, 0.05) is 30.4 Å². The molecule has 0 bridgehead atoms. The number of ether oxygens (including phenoxy) is 2. The normalized spacial score (nSPS) is 15.0. The average molecular weight is 555 g/mol. The van der Waals surface area contributed by atoms with Crippen LogP contribution in [0.5, 0.6) is 11.5 Å². The molecule has 2 N–H and O–H groups in total. The third kappa shape index (κ3) is 7.02. The lowest BCUT2D eigenvalue weighted by molar-refractivity contribution is -0.118. The number of aliphatic hydroxyl groups is 1. The predicted octanol–water partition coefficient (Wildman–Crippen LogP) is 3.98. The Morgan fingerprint density at radius 2 is 1.72 bits per heavy atom. The van der Waals surface area contributed by atoms with Gasteiger partial charge in [0.2, 0.25) is 15.9 Å². The van der Waals surface area contributed by atoms with Crippen LogP contribution in [0.15, 0.2) is 54.9 Å². The molecule has 39 heavy (non-hydrogen) atoms. The fraction of sp³-hybridized carbons (Fsp3) is 0.433. The summed E-state index contributed by atoms with van der Waals surface area (Å²) in [5.74, 6) is 0.873. The molecule has 3 aromatic rings. The molecule has 210 valence electrons. The fourth-order valence-corrected chi connectivity index (χ4v) is 6.11. The largest absolute Gasteiger partial charge is 0.496 e. The van der Waals surface area contributed by atoms with Gasteiger partial charge in [-0.15, -0.1) is 0 Å². The van der Waals surface area contributed by atoms with Crippen LogP contribution < -0.4 is 14.2 Å². The fourth-order valence-electron chi connectivity index (χ4n) is 5.54. The number of hydrogen-bond donors (Lipinski definition) is 2. The van der Waals surface area contributed by atoms with Gasteiger partial charge in [-0.3, -0.25) is 9.52 Å². The zero-order valence-corrected chi connectivity index (χ0v) is 23.8. The first-order chi connectivity index (χ1) is 18.6. The quantitative estimate of drug-likeness (QED) is 0.351. The molecule has 1 aromatic heterocycles. The van der Waals surface area contributed by atoms with Gasteiger partial charge in [0.1, 0.15) is 11.5 Å². The lowest BCUT2D eigenvalue weighted by Gasteiger charge is -2.27. The number of aliphatic hydroxyl groups excluding tert-OH is 1. The number of rotatable bonds is 12. The van der Waals surface area contributed by atoms with Gasteiger partial charge in [0.05, 0.1) is 32.5 Å². The second-order valence-electron chi connectivity index (χ2n) is 10.4. The van der Waals surface area contributed by atoms with Crippen LogP contribution in [0.3, 0.4) is 0 Å². The molecule has 0 saturated carbocycles. The summed E-state index contributed by atoms with van der Waals surface area (Å²) >= 11 is 0. The summed E-state index contributed by atoms with van der Waals surface area (Å²) < 4.78 is 38.6. The minimum Gasteiger partial charge on any atom is -0.496 e. The maximum atomic E-state index is 12.2. The van der Waals surface area contributed by atoms with E-state index in [1.165, 1.54) is 18.1 Å². The number of methoxy groups -OCH3 is 2. The Morgan fingerprint density at radius 3 is 2.28 bits per heavy atom. The molecule has 0 saturated heterocycles. The number of benzene rings is 2. The van der Waals surface area contributed by atoms with E-state index >= 15 is 0 Å². The van der Waals surface area contributed by atoms with Gasteiger partial charge in [0.25, 0.3) is 0 Å². The third-order valence-corrected chi connectivity index (χ3v) is 8.90. The highest BCUT2D eigenvalue weighted by molar-refractivity contribution is 7.90. The Bertz CT molecular complexity index is 1360. The number of amides is 1. The summed E-state index contributed by atoms with van der Waals surface area (Å²) in [4.78, 5) is 12.2. The van der Waals surface area contributed by atoms with Crippen molar-refractivity contribution >= 4 is 15.9 Å². The molecule has 1 amide bonds. The lowest BCUT2D eigenvalue weighted by Crippen LogP contribution is -2.32. The molecule has 1 heterocycles. The third-order valence-electron chi connectivity index (χ3n) is 7.61. The molecule has 2 aromatic carbocycles. The van der Waals surface area contributed by atoms with Crippen LogP contribution in [-0.4, -0.2) is 44.0 Å². The number of nitrogens with one attached hydrogen (secondary N) is 1. The van der Waals surface area contributed by atoms with Crippen molar-refractivity contribution in [2.45, 2.75) is 52.2 Å². The van der Waals surface area contributed by atoms with Crippen molar-refractivity contribution in [3.8, 4) is 11.5 Å². The Labute approximate surface area is 231 Å². The zero-order chi connectivity index (χ0) is 28.2. The number of aromatic nitrogens is 1. The van der Waals surface area contributed by atoms with Gasteiger partial charge < -0.3 is 19.1 Å². The summed E-state index contributed by atoms with van der Waals surface area (Å²) in [6.07, 6.45) is 5.65. The van der Waals surface area contributed by atoms with E-state index in [0.29, 0.717) is 29.5 Å². The summed E-state index contributed by atoms with van der Waals surface area (Å²) in [7, 11) is -0.392. The highest BCUT2D eigenvalue weighted by Crippen LogP contribution is 2.39. The minimum absolute atomic E-state index is 0.0380. The molecule has 0 spiro atoms. The van der Waals surface area contributed by atoms with Gasteiger partial charge in [-0.1, -0.05) is 24.3 Å². The molecular formula is C30H38N2O6S. The highest BCUT2D eigenvalue weighted by atomic mass is 32.2. The summed E-state index contributed by atoms with van der Waals surface area (Å²) in [5, 5.41) is 11.7. The Hall–Kier alpha value is -3.30. The standard InChI is InChI=1S/C30H38N2O6S/c1-5-39(35,36)31-29(33)15-21-10-11-32(18-21)19-26(14-22-12-23-8-6-7-9-24(23)13-22)30(34)25-16-27(37-3)20(2)28(17-25)38-4/h6-11,16-18,22,26,30,34H,5,12-15,19H2,1-4H3,(H,31,33)/t26-,30+/m0/s1. The molecular weight excluding hydrogens is 516 g/mol. The zero-order valence-electron chi connectivity index (χ0n) is 23.0. The minimum atomic E-state index is -3.60. The monoisotopic (exact) mass is 554 g/mol. The number of carbonyl (C=O) groups is 1.